The van der Waals surface area contributed by atoms with Crippen molar-refractivity contribution in [2.75, 3.05) is 18.4 Å². The first kappa shape index (κ1) is 30.1. The van der Waals surface area contributed by atoms with Gasteiger partial charge in [0.2, 0.25) is 23.3 Å². The van der Waals surface area contributed by atoms with Gasteiger partial charge >= 0.3 is 12.1 Å². The number of carbonyl (C=O) groups is 4. The highest BCUT2D eigenvalue weighted by molar-refractivity contribution is 6.02. The third-order valence-corrected chi connectivity index (χ3v) is 9.93. The summed E-state index contributed by atoms with van der Waals surface area (Å²) < 4.78 is 60.9. The number of rotatable bonds is 3. The number of hydrogen-bond acceptors (Lipinski definition) is 7. The lowest BCUT2D eigenvalue weighted by Gasteiger charge is -2.39. The Balaban J connectivity index is 1.34. The molecule has 6 rings (SSSR count). The third-order valence-electron chi connectivity index (χ3n) is 9.93. The van der Waals surface area contributed by atoms with Gasteiger partial charge in [-0.15, -0.1) is 0 Å². The predicted octanol–water partition coefficient (Wildman–Crippen LogP) is 2.19. The summed E-state index contributed by atoms with van der Waals surface area (Å²) >= 11 is 0. The van der Waals surface area contributed by atoms with Crippen LogP contribution in [0.2, 0.25) is 0 Å². The van der Waals surface area contributed by atoms with Crippen LogP contribution >= 0.6 is 0 Å². The standard InChI is InChI=1S/C29H32F4N6O5/c1-27(2,3)21(37-26(43)29(31,32)33)24(41)38-11-16-13-7-15(17(30)8-13)19(16)20(38)23(40)39-12-28(9-14(39)10-34)25(42)36-18-5-4-6-35-22(18)44-28/h4-6,13-17,19-21H,7-9,11-12H2,1-3H3,(H,36,42)(H,37,43). The van der Waals surface area contributed by atoms with Gasteiger partial charge < -0.3 is 25.2 Å². The van der Waals surface area contributed by atoms with Crippen molar-refractivity contribution in [2.45, 2.75) is 76.1 Å². The number of nitriles is 1. The van der Waals surface area contributed by atoms with Gasteiger partial charge in [0, 0.05) is 19.2 Å². The van der Waals surface area contributed by atoms with Crippen molar-refractivity contribution >= 4 is 29.3 Å². The monoisotopic (exact) mass is 620 g/mol. The Morgan fingerprint density at radius 3 is 2.59 bits per heavy atom. The number of halogens is 4. The van der Waals surface area contributed by atoms with Crippen LogP contribution in [0.15, 0.2) is 18.3 Å². The molecule has 0 aromatic carbocycles. The number of anilines is 1. The van der Waals surface area contributed by atoms with Crippen LogP contribution in [0, 0.1) is 40.4 Å². The number of alkyl halides is 4. The van der Waals surface area contributed by atoms with Crippen LogP contribution in [0.3, 0.4) is 0 Å². The van der Waals surface area contributed by atoms with Crippen molar-refractivity contribution in [3.05, 3.63) is 18.3 Å². The number of hydrogen-bond donors (Lipinski definition) is 2. The summed E-state index contributed by atoms with van der Waals surface area (Å²) in [4.78, 5) is 60.2. The molecular formula is C29H32F4N6O5. The molecule has 4 fully saturated rings. The molecule has 4 amide bonds. The highest BCUT2D eigenvalue weighted by Crippen LogP contribution is 2.59. The Hall–Kier alpha value is -3.96. The molecule has 2 saturated heterocycles. The molecular weight excluding hydrogens is 588 g/mol. The van der Waals surface area contributed by atoms with E-state index in [9.17, 15) is 37.6 Å². The summed E-state index contributed by atoms with van der Waals surface area (Å²) in [7, 11) is 0. The van der Waals surface area contributed by atoms with Crippen molar-refractivity contribution in [3.8, 4) is 11.9 Å². The topological polar surface area (TPSA) is 145 Å². The molecule has 2 saturated carbocycles. The molecule has 3 aliphatic heterocycles. The molecule has 9 unspecified atom stereocenters. The number of fused-ring (bicyclic) bond motifs is 6. The molecule has 1 spiro atoms. The third kappa shape index (κ3) is 4.64. The van der Waals surface area contributed by atoms with Gasteiger partial charge in [-0.25, -0.2) is 9.37 Å². The molecule has 44 heavy (non-hydrogen) atoms. The highest BCUT2D eigenvalue weighted by Gasteiger charge is 2.65. The molecule has 1 aromatic rings. The molecule has 236 valence electrons. The first-order valence-electron chi connectivity index (χ1n) is 14.5. The fourth-order valence-corrected chi connectivity index (χ4v) is 7.94. The summed E-state index contributed by atoms with van der Waals surface area (Å²) in [6.07, 6.45) is -4.44. The van der Waals surface area contributed by atoms with Crippen molar-refractivity contribution < 1.29 is 41.5 Å². The van der Waals surface area contributed by atoms with Crippen LogP contribution in [-0.2, 0) is 19.2 Å². The molecule has 15 heteroatoms. The lowest BCUT2D eigenvalue weighted by Crippen LogP contribution is -2.61. The second-order valence-corrected chi connectivity index (χ2v) is 13.6. The molecule has 4 heterocycles. The van der Waals surface area contributed by atoms with E-state index in [2.05, 4.69) is 10.3 Å². The van der Waals surface area contributed by atoms with Crippen molar-refractivity contribution in [2.24, 2.45) is 29.1 Å². The normalized spacial score (nSPS) is 34.6. The number of nitrogens with zero attached hydrogens (tertiary/aromatic N) is 4. The number of nitrogens with one attached hydrogen (secondary N) is 2. The van der Waals surface area contributed by atoms with Crippen LogP contribution in [0.4, 0.5) is 23.2 Å². The van der Waals surface area contributed by atoms with E-state index in [1.807, 2.05) is 11.4 Å². The predicted molar refractivity (Wildman–Crippen MR) is 143 cm³/mol. The quantitative estimate of drug-likeness (QED) is 0.493. The molecule has 0 radical (unpaired) electrons. The molecule has 9 atom stereocenters. The van der Waals surface area contributed by atoms with E-state index in [1.54, 1.807) is 12.1 Å². The summed E-state index contributed by atoms with van der Waals surface area (Å²) in [6, 6.07) is 1.10. The minimum absolute atomic E-state index is 0.00720. The number of aromatic nitrogens is 1. The summed E-state index contributed by atoms with van der Waals surface area (Å²) in [5, 5.41) is 14.6. The minimum atomic E-state index is -5.25. The summed E-state index contributed by atoms with van der Waals surface area (Å²) in [6.45, 7) is 4.10. The zero-order valence-corrected chi connectivity index (χ0v) is 24.2. The fraction of sp³-hybridized carbons (Fsp3) is 0.655. The Morgan fingerprint density at radius 1 is 1.20 bits per heavy atom. The van der Waals surface area contributed by atoms with Crippen molar-refractivity contribution in [1.29, 1.82) is 5.26 Å². The van der Waals surface area contributed by atoms with E-state index in [0.29, 0.717) is 12.1 Å². The first-order valence-corrected chi connectivity index (χ1v) is 14.5. The average molecular weight is 621 g/mol. The van der Waals surface area contributed by atoms with E-state index >= 15 is 4.39 Å². The van der Waals surface area contributed by atoms with Crippen molar-refractivity contribution in [1.82, 2.24) is 20.1 Å². The lowest BCUT2D eigenvalue weighted by molar-refractivity contribution is -0.176. The van der Waals surface area contributed by atoms with Gasteiger partial charge in [-0.3, -0.25) is 19.2 Å². The number of carbonyl (C=O) groups excluding carboxylic acids is 4. The fourth-order valence-electron chi connectivity index (χ4n) is 7.94. The van der Waals surface area contributed by atoms with Gasteiger partial charge in [0.15, 0.2) is 0 Å². The van der Waals surface area contributed by atoms with E-state index in [-0.39, 0.29) is 43.6 Å². The maximum atomic E-state index is 15.1. The lowest BCUT2D eigenvalue weighted by atomic mass is 9.77. The average Bonchev–Trinajstić information content (AvgIpc) is 3.70. The Bertz CT molecular complexity index is 1460. The second kappa shape index (κ2) is 10.0. The van der Waals surface area contributed by atoms with Gasteiger partial charge in [0.05, 0.1) is 12.6 Å². The Labute approximate surface area is 250 Å². The SMILES string of the molecule is CC(C)(C)C(NC(=O)C(F)(F)F)C(=O)N1CC2C3CC(F)C(C3)C2C1C(=O)N1CC2(CC1C#N)Oc1ncccc1NC2=O. The molecule has 2 N–H and O–H groups in total. The zero-order chi connectivity index (χ0) is 31.9. The molecule has 2 aliphatic carbocycles. The number of likely N-dealkylation sites (tertiary alicyclic amines) is 2. The Morgan fingerprint density at radius 2 is 1.93 bits per heavy atom. The number of amides is 4. The van der Waals surface area contributed by atoms with Crippen LogP contribution < -0.4 is 15.4 Å². The first-order chi connectivity index (χ1) is 20.6. The van der Waals surface area contributed by atoms with Crippen LogP contribution in [0.1, 0.15) is 40.0 Å². The molecule has 5 aliphatic rings. The minimum Gasteiger partial charge on any atom is -0.457 e. The summed E-state index contributed by atoms with van der Waals surface area (Å²) in [5.74, 6) is -6.00. The van der Waals surface area contributed by atoms with Gasteiger partial charge in [-0.1, -0.05) is 20.8 Å². The smallest absolute Gasteiger partial charge is 0.457 e. The molecule has 2 bridgehead atoms. The highest BCUT2D eigenvalue weighted by atomic mass is 19.4. The maximum Gasteiger partial charge on any atom is 0.471 e. The summed E-state index contributed by atoms with van der Waals surface area (Å²) in [5.41, 5.74) is -2.52. The van der Waals surface area contributed by atoms with Gasteiger partial charge in [0.25, 0.3) is 5.91 Å². The second-order valence-electron chi connectivity index (χ2n) is 13.6. The maximum absolute atomic E-state index is 15.1. The molecule has 11 nitrogen and oxygen atoms in total. The number of pyridine rings is 1. The van der Waals surface area contributed by atoms with Crippen LogP contribution in [0.25, 0.3) is 0 Å². The van der Waals surface area contributed by atoms with Gasteiger partial charge in [0.1, 0.15) is 30.0 Å². The zero-order valence-electron chi connectivity index (χ0n) is 24.2. The van der Waals surface area contributed by atoms with E-state index in [4.69, 9.17) is 4.74 Å². The van der Waals surface area contributed by atoms with Gasteiger partial charge in [-0.05, 0) is 54.1 Å². The largest absolute Gasteiger partial charge is 0.471 e. The van der Waals surface area contributed by atoms with Crippen LogP contribution in [-0.4, -0.2) is 87.6 Å². The molecule has 1 aromatic heterocycles. The van der Waals surface area contributed by atoms with E-state index < -0.39 is 77.0 Å². The van der Waals surface area contributed by atoms with Gasteiger partial charge in [-0.2, -0.15) is 18.4 Å². The number of ether oxygens (including phenoxy) is 1. The van der Waals surface area contributed by atoms with E-state index in [1.165, 1.54) is 31.9 Å². The van der Waals surface area contributed by atoms with Crippen LogP contribution in [0.5, 0.6) is 5.88 Å². The Kier molecular flexibility index (Phi) is 6.86. The van der Waals surface area contributed by atoms with Crippen molar-refractivity contribution in [3.63, 3.8) is 0 Å². The van der Waals surface area contributed by atoms with E-state index in [0.717, 1.165) is 4.90 Å².